The lowest BCUT2D eigenvalue weighted by atomic mass is 9.80. The van der Waals surface area contributed by atoms with Gasteiger partial charge in [0, 0.05) is 12.0 Å². The van der Waals surface area contributed by atoms with Crippen LogP contribution in [0.4, 0.5) is 0 Å². The van der Waals surface area contributed by atoms with Crippen molar-refractivity contribution >= 4 is 11.9 Å². The van der Waals surface area contributed by atoms with Crippen molar-refractivity contribution in [1.29, 1.82) is 0 Å². The molecule has 0 aromatic heterocycles. The zero-order chi connectivity index (χ0) is 13.8. The van der Waals surface area contributed by atoms with E-state index in [0.717, 1.165) is 38.5 Å². The standard InChI is InChI=1S/C14H23NO4/c16-12-6-4-11(5-7-12)15-13(17)9-2-1-3-10(8-9)14(18)19/h9-12,16H,1-8H2,(H,15,17)(H,18,19). The fourth-order valence-corrected chi connectivity index (χ4v) is 3.19. The Kier molecular flexibility index (Phi) is 4.80. The van der Waals surface area contributed by atoms with E-state index < -0.39 is 5.97 Å². The smallest absolute Gasteiger partial charge is 0.306 e. The van der Waals surface area contributed by atoms with Crippen LogP contribution in [0, 0.1) is 11.8 Å². The van der Waals surface area contributed by atoms with Crippen molar-refractivity contribution in [2.45, 2.75) is 63.5 Å². The van der Waals surface area contributed by atoms with Crippen LogP contribution in [0.2, 0.25) is 0 Å². The van der Waals surface area contributed by atoms with E-state index >= 15 is 0 Å². The van der Waals surface area contributed by atoms with Gasteiger partial charge in [0.1, 0.15) is 0 Å². The molecular weight excluding hydrogens is 246 g/mol. The number of aliphatic carboxylic acids is 1. The van der Waals surface area contributed by atoms with Crippen LogP contribution >= 0.6 is 0 Å². The van der Waals surface area contributed by atoms with Crippen LogP contribution < -0.4 is 5.32 Å². The molecule has 0 heterocycles. The Morgan fingerprint density at radius 3 is 2.21 bits per heavy atom. The first-order chi connectivity index (χ1) is 9.06. The molecular formula is C14H23NO4. The van der Waals surface area contributed by atoms with Crippen molar-refractivity contribution in [3.8, 4) is 0 Å². The van der Waals surface area contributed by atoms with Gasteiger partial charge in [-0.25, -0.2) is 0 Å². The first-order valence-corrected chi connectivity index (χ1v) is 7.27. The highest BCUT2D eigenvalue weighted by Crippen LogP contribution is 2.30. The maximum absolute atomic E-state index is 12.1. The number of hydrogen-bond donors (Lipinski definition) is 3. The minimum absolute atomic E-state index is 0.00680. The summed E-state index contributed by atoms with van der Waals surface area (Å²) in [5.74, 6) is -1.29. The van der Waals surface area contributed by atoms with E-state index in [1.165, 1.54) is 0 Å². The molecule has 0 bridgehead atoms. The van der Waals surface area contributed by atoms with Crippen LogP contribution in [0.15, 0.2) is 0 Å². The molecule has 2 saturated carbocycles. The van der Waals surface area contributed by atoms with Crippen LogP contribution in [-0.2, 0) is 9.59 Å². The number of carboxylic acids is 1. The monoisotopic (exact) mass is 269 g/mol. The molecule has 2 aliphatic rings. The van der Waals surface area contributed by atoms with E-state index in [1.54, 1.807) is 0 Å². The van der Waals surface area contributed by atoms with Crippen molar-refractivity contribution in [3.63, 3.8) is 0 Å². The summed E-state index contributed by atoms with van der Waals surface area (Å²) in [5, 5.41) is 21.5. The lowest BCUT2D eigenvalue weighted by molar-refractivity contribution is -0.144. The Balaban J connectivity index is 1.80. The van der Waals surface area contributed by atoms with Crippen molar-refractivity contribution < 1.29 is 19.8 Å². The van der Waals surface area contributed by atoms with Crippen molar-refractivity contribution in [3.05, 3.63) is 0 Å². The van der Waals surface area contributed by atoms with Crippen molar-refractivity contribution in [1.82, 2.24) is 5.32 Å². The quantitative estimate of drug-likeness (QED) is 0.720. The van der Waals surface area contributed by atoms with Gasteiger partial charge in [0.05, 0.1) is 12.0 Å². The third-order valence-corrected chi connectivity index (χ3v) is 4.44. The highest BCUT2D eigenvalue weighted by atomic mass is 16.4. The van der Waals surface area contributed by atoms with Crippen molar-refractivity contribution in [2.24, 2.45) is 11.8 Å². The normalized spacial score (nSPS) is 35.6. The Bertz CT molecular complexity index is 336. The minimum Gasteiger partial charge on any atom is -0.481 e. The highest BCUT2D eigenvalue weighted by Gasteiger charge is 2.32. The lowest BCUT2D eigenvalue weighted by Crippen LogP contribution is -2.43. The molecule has 2 fully saturated rings. The van der Waals surface area contributed by atoms with Gasteiger partial charge in [0.25, 0.3) is 0 Å². The highest BCUT2D eigenvalue weighted by molar-refractivity contribution is 5.80. The van der Waals surface area contributed by atoms with Gasteiger partial charge in [-0.05, 0) is 44.9 Å². The number of rotatable bonds is 3. The Labute approximate surface area is 113 Å². The Hall–Kier alpha value is -1.10. The van der Waals surface area contributed by atoms with E-state index in [-0.39, 0.29) is 29.9 Å². The second kappa shape index (κ2) is 6.37. The van der Waals surface area contributed by atoms with E-state index in [2.05, 4.69) is 5.32 Å². The molecule has 0 saturated heterocycles. The summed E-state index contributed by atoms with van der Waals surface area (Å²) in [6.07, 6.45) is 5.68. The number of aliphatic hydroxyl groups is 1. The average molecular weight is 269 g/mol. The van der Waals surface area contributed by atoms with Gasteiger partial charge in [0.2, 0.25) is 5.91 Å². The third-order valence-electron chi connectivity index (χ3n) is 4.44. The molecule has 19 heavy (non-hydrogen) atoms. The van der Waals surface area contributed by atoms with Gasteiger partial charge >= 0.3 is 5.97 Å². The molecule has 2 aliphatic carbocycles. The largest absolute Gasteiger partial charge is 0.481 e. The maximum Gasteiger partial charge on any atom is 0.306 e. The molecule has 108 valence electrons. The molecule has 1 amide bonds. The summed E-state index contributed by atoms with van der Waals surface area (Å²) in [4.78, 5) is 23.1. The summed E-state index contributed by atoms with van der Waals surface area (Å²) in [6.45, 7) is 0. The predicted molar refractivity (Wildman–Crippen MR) is 69.5 cm³/mol. The van der Waals surface area contributed by atoms with E-state index in [4.69, 9.17) is 5.11 Å². The van der Waals surface area contributed by atoms with E-state index in [0.29, 0.717) is 12.8 Å². The number of aliphatic hydroxyl groups excluding tert-OH is 1. The first-order valence-electron chi connectivity index (χ1n) is 7.27. The van der Waals surface area contributed by atoms with Crippen LogP contribution in [-0.4, -0.2) is 34.2 Å². The molecule has 3 N–H and O–H groups in total. The topological polar surface area (TPSA) is 86.6 Å². The molecule has 0 aromatic carbocycles. The molecule has 0 radical (unpaired) electrons. The summed E-state index contributed by atoms with van der Waals surface area (Å²) in [6, 6.07) is 0.154. The SMILES string of the molecule is O=C(O)C1CCCC(C(=O)NC2CCC(O)CC2)C1. The Morgan fingerprint density at radius 2 is 1.58 bits per heavy atom. The zero-order valence-electron chi connectivity index (χ0n) is 11.2. The van der Waals surface area contributed by atoms with E-state index in [1.807, 2.05) is 0 Å². The van der Waals surface area contributed by atoms with Gasteiger partial charge < -0.3 is 15.5 Å². The Morgan fingerprint density at radius 1 is 0.947 bits per heavy atom. The molecule has 0 spiro atoms. The van der Waals surface area contributed by atoms with Gasteiger partial charge in [-0.1, -0.05) is 6.42 Å². The molecule has 2 atom stereocenters. The number of nitrogens with one attached hydrogen (secondary N) is 1. The second-order valence-corrected chi connectivity index (χ2v) is 5.91. The summed E-state index contributed by atoms with van der Waals surface area (Å²) in [7, 11) is 0. The summed E-state index contributed by atoms with van der Waals surface area (Å²) < 4.78 is 0. The average Bonchev–Trinajstić information content (AvgIpc) is 2.41. The maximum atomic E-state index is 12.1. The molecule has 5 nitrogen and oxygen atoms in total. The molecule has 0 aromatic rings. The molecule has 2 rings (SSSR count). The second-order valence-electron chi connectivity index (χ2n) is 5.91. The van der Waals surface area contributed by atoms with Crippen LogP contribution in [0.1, 0.15) is 51.4 Å². The lowest BCUT2D eigenvalue weighted by Gasteiger charge is -2.30. The summed E-state index contributed by atoms with van der Waals surface area (Å²) >= 11 is 0. The molecule has 0 aliphatic heterocycles. The predicted octanol–water partition coefficient (Wildman–Crippen LogP) is 1.30. The molecule has 5 heteroatoms. The van der Waals surface area contributed by atoms with E-state index in [9.17, 15) is 14.7 Å². The minimum atomic E-state index is -0.779. The fourth-order valence-electron chi connectivity index (χ4n) is 3.19. The van der Waals surface area contributed by atoms with Crippen molar-refractivity contribution in [2.75, 3.05) is 0 Å². The van der Waals surface area contributed by atoms with Gasteiger partial charge in [0.15, 0.2) is 0 Å². The number of amides is 1. The third kappa shape index (κ3) is 3.93. The van der Waals surface area contributed by atoms with Gasteiger partial charge in [-0.3, -0.25) is 9.59 Å². The van der Waals surface area contributed by atoms with Gasteiger partial charge in [-0.2, -0.15) is 0 Å². The number of hydrogen-bond acceptors (Lipinski definition) is 3. The zero-order valence-corrected chi connectivity index (χ0v) is 11.2. The van der Waals surface area contributed by atoms with Crippen LogP contribution in [0.5, 0.6) is 0 Å². The summed E-state index contributed by atoms with van der Waals surface area (Å²) in [5.41, 5.74) is 0. The number of carboxylic acid groups (broad SMARTS) is 1. The van der Waals surface area contributed by atoms with Gasteiger partial charge in [-0.15, -0.1) is 0 Å². The van der Waals surface area contributed by atoms with Crippen LogP contribution in [0.25, 0.3) is 0 Å². The fraction of sp³-hybridized carbons (Fsp3) is 0.857. The first kappa shape index (κ1) is 14.3. The number of carbonyl (C=O) groups is 2. The van der Waals surface area contributed by atoms with Crippen LogP contribution in [0.3, 0.4) is 0 Å². The number of carbonyl (C=O) groups excluding carboxylic acids is 1. The molecule has 2 unspecified atom stereocenters.